The monoisotopic (exact) mass is 427 g/mol. The van der Waals surface area contributed by atoms with E-state index >= 15 is 0 Å². The number of hydrogen-bond donors (Lipinski definition) is 2. The van der Waals surface area contributed by atoms with Crippen LogP contribution in [0.15, 0.2) is 36.8 Å². The Morgan fingerprint density at radius 1 is 1.07 bits per heavy atom. The predicted octanol–water partition coefficient (Wildman–Crippen LogP) is 4.84. The molecule has 0 spiro atoms. The largest absolute Gasteiger partial charge is 0.335 e. The van der Waals surface area contributed by atoms with Gasteiger partial charge in [0.15, 0.2) is 5.82 Å². The Morgan fingerprint density at radius 3 is 2.52 bits per heavy atom. The van der Waals surface area contributed by atoms with Crippen LogP contribution in [-0.4, -0.2) is 43.9 Å². The molecule has 4 rings (SSSR count). The van der Waals surface area contributed by atoms with Crippen LogP contribution in [0.1, 0.15) is 11.3 Å². The van der Waals surface area contributed by atoms with E-state index in [1.807, 2.05) is 45.3 Å². The summed E-state index contributed by atoms with van der Waals surface area (Å²) in [5.41, 5.74) is 4.04. The smallest absolute Gasteiger partial charge is 0.157 e. The van der Waals surface area contributed by atoms with Crippen molar-refractivity contribution in [3.05, 3.63) is 58.1 Å². The third-order valence-corrected chi connectivity index (χ3v) is 4.89. The molecule has 0 unspecified atom stereocenters. The molecule has 29 heavy (non-hydrogen) atoms. The summed E-state index contributed by atoms with van der Waals surface area (Å²) >= 11 is 13.1. The van der Waals surface area contributed by atoms with Crippen LogP contribution >= 0.6 is 23.2 Å². The third kappa shape index (κ3) is 4.17. The van der Waals surface area contributed by atoms with E-state index < -0.39 is 0 Å². The Labute approximate surface area is 178 Å². The maximum atomic E-state index is 6.56. The SMILES string of the molecule is Cc1cc(Nc2nccc3nc(-c4c(Cl)cc(CN(C)C)cc4Cl)[nH]c23)ncn1. The zero-order chi connectivity index (χ0) is 20.5. The highest BCUT2D eigenvalue weighted by Crippen LogP contribution is 2.36. The zero-order valence-corrected chi connectivity index (χ0v) is 17.7. The van der Waals surface area contributed by atoms with E-state index in [0.717, 1.165) is 28.8 Å². The highest BCUT2D eigenvalue weighted by Gasteiger charge is 2.17. The number of aromatic amines is 1. The molecular weight excluding hydrogens is 409 g/mol. The summed E-state index contributed by atoms with van der Waals surface area (Å²) in [6, 6.07) is 7.50. The average Bonchev–Trinajstić information content (AvgIpc) is 3.05. The van der Waals surface area contributed by atoms with Gasteiger partial charge in [0.05, 0.1) is 21.1 Å². The van der Waals surface area contributed by atoms with Crippen molar-refractivity contribution in [3.63, 3.8) is 0 Å². The maximum absolute atomic E-state index is 6.56. The molecule has 0 aliphatic carbocycles. The van der Waals surface area contributed by atoms with Gasteiger partial charge in [0.25, 0.3) is 0 Å². The van der Waals surface area contributed by atoms with E-state index in [4.69, 9.17) is 23.2 Å². The van der Waals surface area contributed by atoms with Crippen molar-refractivity contribution in [1.82, 2.24) is 29.8 Å². The van der Waals surface area contributed by atoms with Crippen LogP contribution in [0.5, 0.6) is 0 Å². The lowest BCUT2D eigenvalue weighted by Gasteiger charge is -2.12. The molecule has 0 saturated carbocycles. The van der Waals surface area contributed by atoms with E-state index in [0.29, 0.717) is 33.1 Å². The van der Waals surface area contributed by atoms with E-state index in [1.165, 1.54) is 6.33 Å². The first kappa shape index (κ1) is 19.6. The molecule has 7 nitrogen and oxygen atoms in total. The molecule has 0 bridgehead atoms. The van der Waals surface area contributed by atoms with E-state index in [1.54, 1.807) is 6.20 Å². The van der Waals surface area contributed by atoms with Crippen molar-refractivity contribution in [1.29, 1.82) is 0 Å². The number of anilines is 2. The number of H-pyrrole nitrogens is 1. The summed E-state index contributed by atoms with van der Waals surface area (Å²) in [5, 5.41) is 4.30. The normalized spacial score (nSPS) is 11.4. The summed E-state index contributed by atoms with van der Waals surface area (Å²) in [5.74, 6) is 1.84. The summed E-state index contributed by atoms with van der Waals surface area (Å²) in [6.45, 7) is 2.65. The van der Waals surface area contributed by atoms with Crippen LogP contribution < -0.4 is 5.32 Å². The van der Waals surface area contributed by atoms with E-state index in [9.17, 15) is 0 Å². The minimum atomic E-state index is 0.544. The summed E-state index contributed by atoms with van der Waals surface area (Å²) < 4.78 is 0. The van der Waals surface area contributed by atoms with Gasteiger partial charge in [-0.15, -0.1) is 0 Å². The zero-order valence-electron chi connectivity index (χ0n) is 16.2. The number of aryl methyl sites for hydroxylation is 1. The van der Waals surface area contributed by atoms with Crippen molar-refractivity contribution >= 4 is 45.9 Å². The van der Waals surface area contributed by atoms with Crippen LogP contribution in [0.4, 0.5) is 11.6 Å². The fraction of sp³-hybridized carbons (Fsp3) is 0.200. The molecule has 9 heteroatoms. The first-order valence-corrected chi connectivity index (χ1v) is 9.69. The lowest BCUT2D eigenvalue weighted by Crippen LogP contribution is -2.10. The van der Waals surface area contributed by atoms with Gasteiger partial charge in [-0.3, -0.25) is 0 Å². The fourth-order valence-electron chi connectivity index (χ4n) is 3.10. The number of aromatic nitrogens is 5. The summed E-state index contributed by atoms with van der Waals surface area (Å²) in [4.78, 5) is 22.8. The third-order valence-electron chi connectivity index (χ3n) is 4.29. The minimum Gasteiger partial charge on any atom is -0.335 e. The van der Waals surface area contributed by atoms with E-state index in [2.05, 4.69) is 35.1 Å². The van der Waals surface area contributed by atoms with Gasteiger partial charge < -0.3 is 15.2 Å². The van der Waals surface area contributed by atoms with Crippen LogP contribution in [0.25, 0.3) is 22.4 Å². The highest BCUT2D eigenvalue weighted by molar-refractivity contribution is 6.39. The van der Waals surface area contributed by atoms with Gasteiger partial charge in [-0.1, -0.05) is 23.2 Å². The van der Waals surface area contributed by atoms with Crippen molar-refractivity contribution in [2.45, 2.75) is 13.5 Å². The van der Waals surface area contributed by atoms with E-state index in [-0.39, 0.29) is 0 Å². The number of nitrogens with zero attached hydrogens (tertiary/aromatic N) is 5. The molecule has 3 heterocycles. The molecule has 4 aromatic rings. The maximum Gasteiger partial charge on any atom is 0.157 e. The Morgan fingerprint density at radius 2 is 1.83 bits per heavy atom. The number of benzene rings is 1. The van der Waals surface area contributed by atoms with Gasteiger partial charge in [0, 0.05) is 24.5 Å². The van der Waals surface area contributed by atoms with Crippen LogP contribution in [0.2, 0.25) is 10.0 Å². The summed E-state index contributed by atoms with van der Waals surface area (Å²) in [7, 11) is 3.99. The molecule has 0 amide bonds. The first-order valence-electron chi connectivity index (χ1n) is 8.94. The molecule has 148 valence electrons. The number of rotatable bonds is 5. The molecule has 0 aliphatic heterocycles. The number of hydrogen-bond acceptors (Lipinski definition) is 6. The average molecular weight is 428 g/mol. The van der Waals surface area contributed by atoms with Gasteiger partial charge in [-0.05, 0) is 44.8 Å². The molecule has 0 radical (unpaired) electrons. The van der Waals surface area contributed by atoms with Crippen molar-refractivity contribution in [2.75, 3.05) is 19.4 Å². The second kappa shape index (κ2) is 7.94. The second-order valence-electron chi connectivity index (χ2n) is 6.98. The molecule has 0 atom stereocenters. The van der Waals surface area contributed by atoms with Crippen molar-refractivity contribution in [3.8, 4) is 11.4 Å². The first-order chi connectivity index (χ1) is 13.9. The Hall–Kier alpha value is -2.74. The number of halogens is 2. The van der Waals surface area contributed by atoms with Gasteiger partial charge in [0.1, 0.15) is 23.5 Å². The number of fused-ring (bicyclic) bond motifs is 1. The topological polar surface area (TPSA) is 82.6 Å². The highest BCUT2D eigenvalue weighted by atomic mass is 35.5. The number of imidazole rings is 1. The van der Waals surface area contributed by atoms with Crippen LogP contribution in [0.3, 0.4) is 0 Å². The molecule has 1 aromatic carbocycles. The van der Waals surface area contributed by atoms with Gasteiger partial charge in [-0.2, -0.15) is 0 Å². The minimum absolute atomic E-state index is 0.544. The predicted molar refractivity (Wildman–Crippen MR) is 117 cm³/mol. The van der Waals surface area contributed by atoms with Gasteiger partial charge in [0.2, 0.25) is 0 Å². The molecule has 0 fully saturated rings. The van der Waals surface area contributed by atoms with Crippen molar-refractivity contribution in [2.24, 2.45) is 0 Å². The quantitative estimate of drug-likeness (QED) is 0.474. The Balaban J connectivity index is 1.75. The van der Waals surface area contributed by atoms with Gasteiger partial charge in [-0.25, -0.2) is 19.9 Å². The number of nitrogens with one attached hydrogen (secondary N) is 2. The molecule has 2 N–H and O–H groups in total. The lowest BCUT2D eigenvalue weighted by molar-refractivity contribution is 0.402. The molecule has 0 aliphatic rings. The fourth-order valence-corrected chi connectivity index (χ4v) is 3.81. The van der Waals surface area contributed by atoms with Crippen LogP contribution in [-0.2, 0) is 6.54 Å². The Kier molecular flexibility index (Phi) is 5.36. The second-order valence-corrected chi connectivity index (χ2v) is 7.80. The summed E-state index contributed by atoms with van der Waals surface area (Å²) in [6.07, 6.45) is 3.19. The number of pyridine rings is 1. The van der Waals surface area contributed by atoms with Crippen LogP contribution in [0, 0.1) is 6.92 Å². The standard InChI is InChI=1S/C20H19Cl2N7/c1-11-6-16(25-10-24-11)27-20-18-15(4-5-23-20)26-19(28-18)17-13(21)7-12(8-14(17)22)9-29(2)3/h4-8,10H,9H2,1-3H3,(H,26,28)(H,23,24,25,27). The molecule has 0 saturated heterocycles. The molecule has 3 aromatic heterocycles. The Bertz CT molecular complexity index is 1160. The van der Waals surface area contributed by atoms with Gasteiger partial charge >= 0.3 is 0 Å². The molecular formula is C20H19Cl2N7. The van der Waals surface area contributed by atoms with Crippen molar-refractivity contribution < 1.29 is 0 Å². The lowest BCUT2D eigenvalue weighted by atomic mass is 10.1.